The molecule has 2 aromatic heterocycles. The van der Waals surface area contributed by atoms with E-state index in [-0.39, 0.29) is 28.5 Å². The van der Waals surface area contributed by atoms with Crippen LogP contribution in [0.2, 0.25) is 5.15 Å². The molecular weight excluding hydrogens is 478 g/mol. The number of pyridine rings is 1. The summed E-state index contributed by atoms with van der Waals surface area (Å²) in [5, 5.41) is 13.6. The number of aromatic carboxylic acids is 1. The highest BCUT2D eigenvalue weighted by Gasteiger charge is 2.45. The number of benzene rings is 1. The van der Waals surface area contributed by atoms with E-state index in [1.165, 1.54) is 12.8 Å². The van der Waals surface area contributed by atoms with Crippen LogP contribution in [0.15, 0.2) is 29.1 Å². The van der Waals surface area contributed by atoms with Gasteiger partial charge in [-0.2, -0.15) is 0 Å². The molecule has 3 heterocycles. The summed E-state index contributed by atoms with van der Waals surface area (Å²) in [6.07, 6.45) is 6.99. The fourth-order valence-corrected chi connectivity index (χ4v) is 5.72. The number of anilines is 2. The van der Waals surface area contributed by atoms with Crippen molar-refractivity contribution in [2.75, 3.05) is 23.3 Å². The molecule has 9 heteroatoms. The molecule has 1 atom stereocenters. The zero-order chi connectivity index (χ0) is 25.2. The lowest BCUT2D eigenvalue weighted by Gasteiger charge is -2.34. The monoisotopic (exact) mass is 507 g/mol. The predicted molar refractivity (Wildman–Crippen MR) is 140 cm³/mol. The van der Waals surface area contributed by atoms with Crippen LogP contribution < -0.4 is 15.8 Å². The molecule has 6 rings (SSSR count). The molecule has 188 valence electrons. The summed E-state index contributed by atoms with van der Waals surface area (Å²) < 4.78 is 1.93. The van der Waals surface area contributed by atoms with Gasteiger partial charge in [0.2, 0.25) is 5.95 Å². The van der Waals surface area contributed by atoms with Crippen molar-refractivity contribution in [3.05, 3.63) is 56.6 Å². The van der Waals surface area contributed by atoms with E-state index in [0.29, 0.717) is 22.0 Å². The molecular formula is C27H30ClN5O3. The highest BCUT2D eigenvalue weighted by molar-refractivity contribution is 6.29. The van der Waals surface area contributed by atoms with E-state index in [1.807, 2.05) is 30.5 Å². The summed E-state index contributed by atoms with van der Waals surface area (Å²) in [6, 6.07) is 7.03. The Bertz CT molecular complexity index is 1430. The molecule has 2 aliphatic carbocycles. The van der Waals surface area contributed by atoms with Gasteiger partial charge in [-0.05, 0) is 81.5 Å². The third kappa shape index (κ3) is 4.11. The number of hydrogen-bond donors (Lipinski definition) is 2. The number of piperidine rings is 1. The van der Waals surface area contributed by atoms with Gasteiger partial charge in [0.25, 0.3) is 5.56 Å². The van der Waals surface area contributed by atoms with Crippen LogP contribution in [0.1, 0.15) is 79.1 Å². The SMILES string of the molecule is Cc1cc([C@@H](C)Nc2ccc(Cl)nc2C(=O)O)c2nc(N3CCC4(CC3)CC4)n(C3CC3)c(=O)c2c1. The first-order valence-corrected chi connectivity index (χ1v) is 13.1. The molecule has 36 heavy (non-hydrogen) atoms. The van der Waals surface area contributed by atoms with E-state index in [0.717, 1.165) is 55.8 Å². The zero-order valence-electron chi connectivity index (χ0n) is 20.6. The topological polar surface area (TPSA) is 100 Å². The number of nitrogens with zero attached hydrogens (tertiary/aromatic N) is 4. The van der Waals surface area contributed by atoms with Crippen LogP contribution in [-0.2, 0) is 0 Å². The molecule has 0 unspecified atom stereocenters. The molecule has 3 aliphatic rings. The molecule has 1 saturated heterocycles. The van der Waals surface area contributed by atoms with Crippen molar-refractivity contribution in [3.63, 3.8) is 0 Å². The second-order valence-corrected chi connectivity index (χ2v) is 11.1. The molecule has 0 amide bonds. The molecule has 2 N–H and O–H groups in total. The fraction of sp³-hybridized carbons (Fsp3) is 0.481. The quantitative estimate of drug-likeness (QED) is 0.434. The van der Waals surface area contributed by atoms with Gasteiger partial charge in [0.15, 0.2) is 5.69 Å². The standard InChI is InChI=1S/C27H30ClN5O3/c1-15-13-18(16(2)29-20-5-6-21(28)30-23(20)25(35)36)22-19(14-15)24(34)33(17-3-4-17)26(31-22)32-11-9-27(7-8-27)10-12-32/h5-6,13-14,16-17,29H,3-4,7-12H2,1-2H3,(H,35,36)/t16-/m1/s1. The number of carboxylic acids is 1. The second-order valence-electron chi connectivity index (χ2n) is 10.8. The highest BCUT2D eigenvalue weighted by atomic mass is 35.5. The summed E-state index contributed by atoms with van der Waals surface area (Å²) in [4.78, 5) is 37.0. The fourth-order valence-electron chi connectivity index (χ4n) is 5.57. The summed E-state index contributed by atoms with van der Waals surface area (Å²) in [5.41, 5.74) is 3.26. The van der Waals surface area contributed by atoms with E-state index < -0.39 is 5.97 Å². The van der Waals surface area contributed by atoms with Gasteiger partial charge >= 0.3 is 5.97 Å². The van der Waals surface area contributed by atoms with E-state index in [2.05, 4.69) is 15.2 Å². The van der Waals surface area contributed by atoms with Crippen LogP contribution in [0.5, 0.6) is 0 Å². The maximum atomic E-state index is 13.9. The van der Waals surface area contributed by atoms with E-state index in [9.17, 15) is 14.7 Å². The molecule has 1 aromatic carbocycles. The number of fused-ring (bicyclic) bond motifs is 1. The van der Waals surface area contributed by atoms with Crippen molar-refractivity contribution in [1.29, 1.82) is 0 Å². The second kappa shape index (κ2) is 8.47. The Balaban J connectivity index is 1.44. The Hall–Kier alpha value is -3.13. The van der Waals surface area contributed by atoms with Gasteiger partial charge in [0, 0.05) is 24.7 Å². The van der Waals surface area contributed by atoms with Crippen molar-refractivity contribution in [2.45, 2.75) is 64.5 Å². The predicted octanol–water partition coefficient (Wildman–Crippen LogP) is 5.34. The minimum absolute atomic E-state index is 0.0146. The number of carbonyl (C=O) groups is 1. The van der Waals surface area contributed by atoms with Gasteiger partial charge in [-0.1, -0.05) is 17.7 Å². The average molecular weight is 508 g/mol. The Kier molecular flexibility index (Phi) is 5.48. The summed E-state index contributed by atoms with van der Waals surface area (Å²) in [6.45, 7) is 5.77. The van der Waals surface area contributed by atoms with Crippen molar-refractivity contribution in [3.8, 4) is 0 Å². The lowest BCUT2D eigenvalue weighted by molar-refractivity contribution is 0.0691. The lowest BCUT2D eigenvalue weighted by atomic mass is 9.94. The number of halogens is 1. The molecule has 3 fully saturated rings. The minimum atomic E-state index is -1.16. The zero-order valence-corrected chi connectivity index (χ0v) is 21.3. The number of nitrogens with one attached hydrogen (secondary N) is 1. The number of carboxylic acid groups (broad SMARTS) is 1. The van der Waals surface area contributed by atoms with E-state index in [1.54, 1.807) is 12.1 Å². The lowest BCUT2D eigenvalue weighted by Crippen LogP contribution is -2.39. The Morgan fingerprint density at radius 2 is 1.89 bits per heavy atom. The highest BCUT2D eigenvalue weighted by Crippen LogP contribution is 2.54. The maximum absolute atomic E-state index is 13.9. The molecule has 0 bridgehead atoms. The first-order chi connectivity index (χ1) is 17.2. The molecule has 8 nitrogen and oxygen atoms in total. The van der Waals surface area contributed by atoms with Crippen molar-refractivity contribution >= 4 is 40.1 Å². The van der Waals surface area contributed by atoms with Gasteiger partial charge in [-0.15, -0.1) is 0 Å². The van der Waals surface area contributed by atoms with Crippen LogP contribution in [0.25, 0.3) is 10.9 Å². The van der Waals surface area contributed by atoms with Crippen LogP contribution >= 0.6 is 11.6 Å². The number of rotatable bonds is 6. The van der Waals surface area contributed by atoms with E-state index in [4.69, 9.17) is 16.6 Å². The summed E-state index contributed by atoms with van der Waals surface area (Å²) >= 11 is 5.93. The molecule has 1 aliphatic heterocycles. The van der Waals surface area contributed by atoms with Crippen LogP contribution in [0.3, 0.4) is 0 Å². The molecule has 0 radical (unpaired) electrons. The number of aromatic nitrogens is 3. The minimum Gasteiger partial charge on any atom is -0.476 e. The van der Waals surface area contributed by atoms with Crippen LogP contribution in [0, 0.1) is 12.3 Å². The van der Waals surface area contributed by atoms with Crippen LogP contribution in [0.4, 0.5) is 11.6 Å². The smallest absolute Gasteiger partial charge is 0.356 e. The summed E-state index contributed by atoms with van der Waals surface area (Å²) in [5.74, 6) is -0.380. The normalized spacial score (nSPS) is 19.5. The Morgan fingerprint density at radius 3 is 2.53 bits per heavy atom. The molecule has 1 spiro atoms. The third-order valence-corrected chi connectivity index (χ3v) is 8.25. The maximum Gasteiger partial charge on any atom is 0.356 e. The molecule has 3 aromatic rings. The Labute approximate surface area is 214 Å². The van der Waals surface area contributed by atoms with Gasteiger partial charge in [-0.25, -0.2) is 14.8 Å². The van der Waals surface area contributed by atoms with Crippen molar-refractivity contribution < 1.29 is 9.90 Å². The van der Waals surface area contributed by atoms with Crippen LogP contribution in [-0.4, -0.2) is 38.7 Å². The summed E-state index contributed by atoms with van der Waals surface area (Å²) in [7, 11) is 0. The molecule has 2 saturated carbocycles. The van der Waals surface area contributed by atoms with E-state index >= 15 is 0 Å². The number of aryl methyl sites for hydroxylation is 1. The largest absolute Gasteiger partial charge is 0.476 e. The van der Waals surface area contributed by atoms with Crippen molar-refractivity contribution in [1.82, 2.24) is 14.5 Å². The van der Waals surface area contributed by atoms with Crippen molar-refractivity contribution in [2.24, 2.45) is 5.41 Å². The third-order valence-electron chi connectivity index (χ3n) is 8.04. The van der Waals surface area contributed by atoms with Gasteiger partial charge in [0.05, 0.1) is 22.6 Å². The Morgan fingerprint density at radius 1 is 1.17 bits per heavy atom. The van der Waals surface area contributed by atoms with Gasteiger partial charge in [0.1, 0.15) is 5.15 Å². The number of hydrogen-bond acceptors (Lipinski definition) is 6. The first kappa shape index (κ1) is 23.3. The van der Waals surface area contributed by atoms with Gasteiger partial charge in [-0.3, -0.25) is 9.36 Å². The first-order valence-electron chi connectivity index (χ1n) is 12.7. The van der Waals surface area contributed by atoms with Gasteiger partial charge < -0.3 is 15.3 Å². The average Bonchev–Trinajstić information content (AvgIpc) is 3.78.